The fourth-order valence-electron chi connectivity index (χ4n) is 3.18. The maximum atomic E-state index is 11.6. The van der Waals surface area contributed by atoms with E-state index in [1.165, 1.54) is 0 Å². The van der Waals surface area contributed by atoms with Gasteiger partial charge in [-0.05, 0) is 11.1 Å². The van der Waals surface area contributed by atoms with Crippen molar-refractivity contribution >= 4 is 5.78 Å². The zero-order valence-corrected chi connectivity index (χ0v) is 8.67. The zero-order chi connectivity index (χ0) is 11.3. The molecule has 0 heterocycles. The minimum absolute atomic E-state index is 0.0434. The molecule has 0 aromatic heterocycles. The summed E-state index contributed by atoms with van der Waals surface area (Å²) in [6.07, 6.45) is 0.745. The van der Waals surface area contributed by atoms with Gasteiger partial charge in [-0.25, -0.2) is 0 Å². The molecule has 2 unspecified atom stereocenters. The Balaban J connectivity index is 2.11. The monoisotopic (exact) mass is 218 g/mol. The molecule has 2 atom stereocenters. The van der Waals surface area contributed by atoms with Crippen LogP contribution in [0.2, 0.25) is 0 Å². The average molecular weight is 218 g/mol. The number of ketones is 1. The lowest BCUT2D eigenvalue weighted by Crippen LogP contribution is -2.39. The standard InChI is InChI=1S/C12H12NO3/c14-7-5-10-8-3-1-2-4-9(8)11(6-7)12(10)13(15)16/h1-4,10-12,15H,5-6H2/q-1. The summed E-state index contributed by atoms with van der Waals surface area (Å²) in [6.45, 7) is 0. The Bertz CT molecular complexity index is 409. The Labute approximate surface area is 93.0 Å². The smallest absolute Gasteiger partial charge is 0.134 e. The van der Waals surface area contributed by atoms with Crippen molar-refractivity contribution in [3.05, 3.63) is 40.6 Å². The molecular weight excluding hydrogens is 206 g/mol. The first-order chi connectivity index (χ1) is 7.68. The van der Waals surface area contributed by atoms with Crippen molar-refractivity contribution in [1.82, 2.24) is 5.23 Å². The minimum atomic E-state index is -0.477. The number of benzene rings is 1. The van der Waals surface area contributed by atoms with Crippen molar-refractivity contribution in [3.8, 4) is 0 Å². The van der Waals surface area contributed by atoms with Crippen LogP contribution in [0.1, 0.15) is 35.8 Å². The van der Waals surface area contributed by atoms with Gasteiger partial charge in [-0.1, -0.05) is 24.3 Å². The highest BCUT2D eigenvalue weighted by Gasteiger charge is 2.46. The van der Waals surface area contributed by atoms with E-state index in [1.807, 2.05) is 24.3 Å². The molecular formula is C12H12NO3-. The van der Waals surface area contributed by atoms with Crippen LogP contribution in [-0.4, -0.2) is 22.3 Å². The van der Waals surface area contributed by atoms with Gasteiger partial charge < -0.3 is 10.4 Å². The van der Waals surface area contributed by atoms with Crippen molar-refractivity contribution < 1.29 is 10.0 Å². The summed E-state index contributed by atoms with van der Waals surface area (Å²) in [5.74, 6) is -0.0841. The Hall–Kier alpha value is -1.23. The van der Waals surface area contributed by atoms with Gasteiger partial charge in [-0.15, -0.1) is 0 Å². The Morgan fingerprint density at radius 3 is 2.12 bits per heavy atom. The molecule has 0 saturated heterocycles. The van der Waals surface area contributed by atoms with Crippen LogP contribution in [0.25, 0.3) is 0 Å². The molecule has 0 radical (unpaired) electrons. The maximum Gasteiger partial charge on any atom is 0.134 e. The van der Waals surface area contributed by atoms with Crippen molar-refractivity contribution in [1.29, 1.82) is 0 Å². The summed E-state index contributed by atoms with van der Waals surface area (Å²) < 4.78 is 0. The molecule has 1 saturated carbocycles. The number of rotatable bonds is 1. The SMILES string of the molecule is O=C1CC2c3ccccc3C(C1)C2N([O-])O. The van der Waals surface area contributed by atoms with Gasteiger partial charge >= 0.3 is 0 Å². The van der Waals surface area contributed by atoms with Gasteiger partial charge in [0.05, 0.1) is 0 Å². The lowest BCUT2D eigenvalue weighted by Gasteiger charge is -2.38. The molecule has 84 valence electrons. The van der Waals surface area contributed by atoms with Crippen LogP contribution in [0, 0.1) is 5.21 Å². The van der Waals surface area contributed by atoms with Crippen LogP contribution in [0.5, 0.6) is 0 Å². The fraction of sp³-hybridized carbons (Fsp3) is 0.417. The van der Waals surface area contributed by atoms with Gasteiger partial charge in [-0.3, -0.25) is 10.0 Å². The number of hydrogen-bond donors (Lipinski definition) is 1. The Morgan fingerprint density at radius 2 is 1.69 bits per heavy atom. The van der Waals surface area contributed by atoms with E-state index in [1.54, 1.807) is 0 Å². The maximum absolute atomic E-state index is 11.6. The van der Waals surface area contributed by atoms with E-state index in [9.17, 15) is 15.2 Å². The average Bonchev–Trinajstić information content (AvgIpc) is 2.47. The second kappa shape index (κ2) is 3.38. The van der Waals surface area contributed by atoms with Gasteiger partial charge in [0.1, 0.15) is 5.78 Å². The van der Waals surface area contributed by atoms with Crippen LogP contribution in [0.15, 0.2) is 24.3 Å². The molecule has 4 nitrogen and oxygen atoms in total. The lowest BCUT2D eigenvalue weighted by atomic mass is 9.81. The van der Waals surface area contributed by atoms with Crippen molar-refractivity contribution in [2.24, 2.45) is 0 Å². The molecule has 2 aliphatic rings. The molecule has 1 N–H and O–H groups in total. The first-order valence-corrected chi connectivity index (χ1v) is 5.44. The predicted octanol–water partition coefficient (Wildman–Crippen LogP) is 1.79. The topological polar surface area (TPSA) is 63.6 Å². The zero-order valence-electron chi connectivity index (χ0n) is 8.67. The highest BCUT2D eigenvalue weighted by atomic mass is 16.8. The van der Waals surface area contributed by atoms with E-state index in [0.717, 1.165) is 11.1 Å². The molecule has 0 spiro atoms. The predicted molar refractivity (Wildman–Crippen MR) is 56.9 cm³/mol. The van der Waals surface area contributed by atoms with Crippen LogP contribution in [-0.2, 0) is 4.79 Å². The summed E-state index contributed by atoms with van der Waals surface area (Å²) in [6, 6.07) is 7.25. The lowest BCUT2D eigenvalue weighted by molar-refractivity contribution is -0.129. The number of hydroxylamine groups is 2. The number of fused-ring (bicyclic) bond motifs is 5. The highest BCUT2D eigenvalue weighted by molar-refractivity contribution is 5.83. The molecule has 2 aliphatic carbocycles. The first-order valence-electron chi connectivity index (χ1n) is 5.44. The third-order valence-corrected chi connectivity index (χ3v) is 3.77. The number of nitrogens with zero attached hydrogens (tertiary/aromatic N) is 1. The summed E-state index contributed by atoms with van der Waals surface area (Å²) in [5.41, 5.74) is 2.11. The van der Waals surface area contributed by atoms with E-state index in [0.29, 0.717) is 12.8 Å². The first kappa shape index (κ1) is 9.96. The van der Waals surface area contributed by atoms with Crippen LogP contribution >= 0.6 is 0 Å². The largest absolute Gasteiger partial charge is 0.762 e. The second-order valence-electron chi connectivity index (χ2n) is 4.58. The van der Waals surface area contributed by atoms with Gasteiger partial charge in [0.2, 0.25) is 0 Å². The van der Waals surface area contributed by atoms with Crippen molar-refractivity contribution in [2.75, 3.05) is 0 Å². The summed E-state index contributed by atoms with van der Waals surface area (Å²) in [7, 11) is 0. The van der Waals surface area contributed by atoms with Gasteiger partial charge in [0.25, 0.3) is 0 Å². The third kappa shape index (κ3) is 1.24. The Kier molecular flexibility index (Phi) is 2.10. The number of Topliss-reactive ketones (excluding diaryl/α,β-unsaturated/α-hetero) is 1. The molecule has 16 heavy (non-hydrogen) atoms. The quantitative estimate of drug-likeness (QED) is 0.730. The van der Waals surface area contributed by atoms with Crippen LogP contribution < -0.4 is 0 Å². The number of carbonyl (C=O) groups is 1. The summed E-state index contributed by atoms with van der Waals surface area (Å²) in [4.78, 5) is 11.6. The van der Waals surface area contributed by atoms with E-state index in [-0.39, 0.29) is 22.8 Å². The number of hydrogen-bond acceptors (Lipinski definition) is 4. The van der Waals surface area contributed by atoms with Gasteiger partial charge in [-0.2, -0.15) is 0 Å². The van der Waals surface area contributed by atoms with E-state index in [4.69, 9.17) is 0 Å². The molecule has 1 aromatic carbocycles. The van der Waals surface area contributed by atoms with Crippen molar-refractivity contribution in [2.45, 2.75) is 30.7 Å². The Morgan fingerprint density at radius 1 is 1.19 bits per heavy atom. The van der Waals surface area contributed by atoms with Crippen LogP contribution in [0.3, 0.4) is 0 Å². The molecule has 1 aromatic rings. The van der Waals surface area contributed by atoms with E-state index in [2.05, 4.69) is 0 Å². The van der Waals surface area contributed by atoms with Crippen LogP contribution in [0.4, 0.5) is 0 Å². The third-order valence-electron chi connectivity index (χ3n) is 3.77. The molecule has 2 bridgehead atoms. The van der Waals surface area contributed by atoms with Gasteiger partial charge in [0, 0.05) is 30.7 Å². The summed E-state index contributed by atoms with van der Waals surface area (Å²) >= 11 is 0. The molecule has 0 amide bonds. The minimum Gasteiger partial charge on any atom is -0.762 e. The molecule has 0 aliphatic heterocycles. The van der Waals surface area contributed by atoms with E-state index >= 15 is 0 Å². The highest BCUT2D eigenvalue weighted by Crippen LogP contribution is 2.50. The second-order valence-corrected chi connectivity index (χ2v) is 4.58. The molecule has 4 heteroatoms. The fourth-order valence-corrected chi connectivity index (χ4v) is 3.18. The normalized spacial score (nSPS) is 31.9. The van der Waals surface area contributed by atoms with E-state index < -0.39 is 6.04 Å². The molecule has 1 fully saturated rings. The molecule has 3 rings (SSSR count). The van der Waals surface area contributed by atoms with Gasteiger partial charge in [0.15, 0.2) is 0 Å². The van der Waals surface area contributed by atoms with Crippen molar-refractivity contribution in [3.63, 3.8) is 0 Å². The summed E-state index contributed by atoms with van der Waals surface area (Å²) in [5, 5.41) is 20.4. The number of carbonyl (C=O) groups excluding carboxylic acids is 1.